The van der Waals surface area contributed by atoms with E-state index in [1.807, 2.05) is 0 Å². The Morgan fingerprint density at radius 1 is 1.25 bits per heavy atom. The number of carboxylic acids is 2. The first kappa shape index (κ1) is 14.4. The minimum atomic E-state index is -1.14. The van der Waals surface area contributed by atoms with Gasteiger partial charge in [0.05, 0.1) is 12.5 Å². The lowest BCUT2D eigenvalue weighted by molar-refractivity contribution is -0.141. The number of likely N-dealkylation sites (N-methyl/N-ethyl adjacent to an activating group) is 1. The van der Waals surface area contributed by atoms with Gasteiger partial charge in [-0.1, -0.05) is 0 Å². The molecule has 16 heavy (non-hydrogen) atoms. The van der Waals surface area contributed by atoms with Crippen LogP contribution in [0.5, 0.6) is 0 Å². The van der Waals surface area contributed by atoms with E-state index < -0.39 is 30.3 Å². The lowest BCUT2D eigenvalue weighted by atomic mass is 10.2. The van der Waals surface area contributed by atoms with Gasteiger partial charge < -0.3 is 20.8 Å². The van der Waals surface area contributed by atoms with Gasteiger partial charge in [0.2, 0.25) is 5.91 Å². The number of amides is 1. The molecule has 0 radical (unpaired) electrons. The van der Waals surface area contributed by atoms with Crippen molar-refractivity contribution in [1.82, 2.24) is 4.90 Å². The Bertz CT molecular complexity index is 279. The molecule has 0 aliphatic rings. The third-order valence-corrected chi connectivity index (χ3v) is 1.97. The van der Waals surface area contributed by atoms with E-state index in [2.05, 4.69) is 0 Å². The summed E-state index contributed by atoms with van der Waals surface area (Å²) >= 11 is 0. The van der Waals surface area contributed by atoms with Crippen LogP contribution in [0.4, 0.5) is 0 Å². The average molecular weight is 232 g/mol. The van der Waals surface area contributed by atoms with Gasteiger partial charge in [0.15, 0.2) is 0 Å². The van der Waals surface area contributed by atoms with E-state index in [0.717, 1.165) is 0 Å². The van der Waals surface area contributed by atoms with E-state index in [1.165, 1.54) is 11.9 Å². The Morgan fingerprint density at radius 3 is 2.25 bits per heavy atom. The molecule has 0 spiro atoms. The summed E-state index contributed by atoms with van der Waals surface area (Å²) in [4.78, 5) is 33.2. The summed E-state index contributed by atoms with van der Waals surface area (Å²) in [5, 5.41) is 16.8. The molecule has 0 aromatic carbocycles. The lowest BCUT2D eigenvalue weighted by Gasteiger charge is -2.19. The minimum absolute atomic E-state index is 0.0359. The second kappa shape index (κ2) is 6.78. The highest BCUT2D eigenvalue weighted by atomic mass is 16.4. The van der Waals surface area contributed by atoms with Crippen LogP contribution in [0, 0.1) is 0 Å². The molecule has 7 nitrogen and oxygen atoms in total. The Morgan fingerprint density at radius 2 is 1.81 bits per heavy atom. The number of carbonyl (C=O) groups is 3. The topological polar surface area (TPSA) is 121 Å². The quantitative estimate of drug-likeness (QED) is 0.523. The molecule has 0 saturated carbocycles. The highest BCUT2D eigenvalue weighted by Crippen LogP contribution is 1.98. The molecule has 0 saturated heterocycles. The van der Waals surface area contributed by atoms with Crippen LogP contribution in [0.1, 0.15) is 19.3 Å². The number of rotatable bonds is 7. The van der Waals surface area contributed by atoms with Gasteiger partial charge in [0.1, 0.15) is 0 Å². The average Bonchev–Trinajstić information content (AvgIpc) is 2.14. The van der Waals surface area contributed by atoms with Gasteiger partial charge in [0, 0.05) is 20.0 Å². The first-order valence-corrected chi connectivity index (χ1v) is 4.78. The molecule has 0 aromatic rings. The van der Waals surface area contributed by atoms with Gasteiger partial charge in [-0.15, -0.1) is 0 Å². The van der Waals surface area contributed by atoms with Crippen LogP contribution in [0.15, 0.2) is 0 Å². The maximum absolute atomic E-state index is 11.4. The van der Waals surface area contributed by atoms with Crippen molar-refractivity contribution in [3.63, 3.8) is 0 Å². The van der Waals surface area contributed by atoms with Gasteiger partial charge in [-0.25, -0.2) is 0 Å². The maximum Gasteiger partial charge on any atom is 0.305 e. The third kappa shape index (κ3) is 5.97. The van der Waals surface area contributed by atoms with Crippen LogP contribution in [0.2, 0.25) is 0 Å². The van der Waals surface area contributed by atoms with Crippen molar-refractivity contribution in [2.45, 2.75) is 25.3 Å². The van der Waals surface area contributed by atoms with Crippen LogP contribution >= 0.6 is 0 Å². The number of hydrogen-bond donors (Lipinski definition) is 3. The molecule has 0 aliphatic heterocycles. The molecule has 0 fully saturated rings. The Kier molecular flexibility index (Phi) is 6.09. The molecule has 0 bridgehead atoms. The number of carbonyl (C=O) groups excluding carboxylic acids is 1. The molecule has 0 rings (SSSR count). The van der Waals surface area contributed by atoms with Crippen molar-refractivity contribution in [3.8, 4) is 0 Å². The molecule has 0 aromatic heterocycles. The van der Waals surface area contributed by atoms with Crippen LogP contribution < -0.4 is 5.73 Å². The lowest BCUT2D eigenvalue weighted by Crippen LogP contribution is -2.43. The molecular weight excluding hydrogens is 216 g/mol. The van der Waals surface area contributed by atoms with Crippen LogP contribution in [0.3, 0.4) is 0 Å². The predicted octanol–water partition coefficient (Wildman–Crippen LogP) is -0.888. The van der Waals surface area contributed by atoms with Gasteiger partial charge in [-0.2, -0.15) is 0 Å². The van der Waals surface area contributed by atoms with Crippen molar-refractivity contribution in [2.75, 3.05) is 13.6 Å². The van der Waals surface area contributed by atoms with Crippen LogP contribution in [-0.4, -0.2) is 52.6 Å². The number of aliphatic carboxylic acids is 2. The van der Waals surface area contributed by atoms with E-state index in [0.29, 0.717) is 6.42 Å². The first-order chi connectivity index (χ1) is 7.34. The standard InChI is InChI=1S/C9H16N2O5/c1-11(4-2-3-7(12)13)9(16)6(10)5-8(14)15/h6H,2-5,10H2,1H3,(H,12,13)(H,14,15). The van der Waals surface area contributed by atoms with E-state index >= 15 is 0 Å². The molecule has 92 valence electrons. The zero-order chi connectivity index (χ0) is 12.7. The number of carboxylic acid groups (broad SMARTS) is 2. The summed E-state index contributed by atoms with van der Waals surface area (Å²) in [6.45, 7) is 0.248. The monoisotopic (exact) mass is 232 g/mol. The van der Waals surface area contributed by atoms with Gasteiger partial charge in [0.25, 0.3) is 0 Å². The Hall–Kier alpha value is -1.63. The molecule has 7 heteroatoms. The molecule has 1 atom stereocenters. The summed E-state index contributed by atoms with van der Waals surface area (Å²) in [7, 11) is 1.46. The minimum Gasteiger partial charge on any atom is -0.481 e. The molecular formula is C9H16N2O5. The fourth-order valence-corrected chi connectivity index (χ4v) is 1.14. The zero-order valence-electron chi connectivity index (χ0n) is 9.05. The van der Waals surface area contributed by atoms with E-state index in [-0.39, 0.29) is 13.0 Å². The van der Waals surface area contributed by atoms with Gasteiger partial charge >= 0.3 is 11.9 Å². The Labute approximate surface area is 92.8 Å². The van der Waals surface area contributed by atoms with Gasteiger partial charge in [-0.3, -0.25) is 14.4 Å². The fraction of sp³-hybridized carbons (Fsp3) is 0.667. The number of nitrogens with zero attached hydrogens (tertiary/aromatic N) is 1. The largest absolute Gasteiger partial charge is 0.481 e. The second-order valence-electron chi connectivity index (χ2n) is 3.46. The van der Waals surface area contributed by atoms with Crippen molar-refractivity contribution in [3.05, 3.63) is 0 Å². The zero-order valence-corrected chi connectivity index (χ0v) is 9.05. The molecule has 4 N–H and O–H groups in total. The van der Waals surface area contributed by atoms with Gasteiger partial charge in [-0.05, 0) is 6.42 Å². The fourth-order valence-electron chi connectivity index (χ4n) is 1.14. The van der Waals surface area contributed by atoms with Crippen molar-refractivity contribution in [1.29, 1.82) is 0 Å². The SMILES string of the molecule is CN(CCCC(=O)O)C(=O)C(N)CC(=O)O. The Balaban J connectivity index is 3.97. The normalized spacial score (nSPS) is 11.9. The highest BCUT2D eigenvalue weighted by Gasteiger charge is 2.20. The molecule has 1 unspecified atom stereocenters. The van der Waals surface area contributed by atoms with E-state index in [1.54, 1.807) is 0 Å². The smallest absolute Gasteiger partial charge is 0.305 e. The van der Waals surface area contributed by atoms with Crippen LogP contribution in [-0.2, 0) is 14.4 Å². The maximum atomic E-state index is 11.4. The second-order valence-corrected chi connectivity index (χ2v) is 3.46. The number of nitrogens with two attached hydrogens (primary N) is 1. The van der Waals surface area contributed by atoms with Crippen LogP contribution in [0.25, 0.3) is 0 Å². The first-order valence-electron chi connectivity index (χ1n) is 4.78. The van der Waals surface area contributed by atoms with E-state index in [9.17, 15) is 14.4 Å². The summed E-state index contributed by atoms with van der Waals surface area (Å²) in [6.07, 6.45) is -0.148. The third-order valence-electron chi connectivity index (χ3n) is 1.97. The van der Waals surface area contributed by atoms with E-state index in [4.69, 9.17) is 15.9 Å². The summed E-state index contributed by atoms with van der Waals surface area (Å²) in [6, 6.07) is -1.08. The summed E-state index contributed by atoms with van der Waals surface area (Å²) < 4.78 is 0. The molecule has 0 aliphatic carbocycles. The summed E-state index contributed by atoms with van der Waals surface area (Å²) in [5.74, 6) is -2.57. The molecule has 0 heterocycles. The van der Waals surface area contributed by atoms with Crippen molar-refractivity contribution < 1.29 is 24.6 Å². The predicted molar refractivity (Wildman–Crippen MR) is 54.7 cm³/mol. The molecule has 1 amide bonds. The van der Waals surface area contributed by atoms with Crippen molar-refractivity contribution in [2.24, 2.45) is 5.73 Å². The van der Waals surface area contributed by atoms with Crippen molar-refractivity contribution >= 4 is 17.8 Å². The number of hydrogen-bond acceptors (Lipinski definition) is 4. The summed E-state index contributed by atoms with van der Waals surface area (Å²) in [5.41, 5.74) is 5.36. The highest BCUT2D eigenvalue weighted by molar-refractivity contribution is 5.85.